The molecule has 0 bridgehead atoms. The van der Waals surface area contributed by atoms with Crippen LogP contribution in [0.15, 0.2) is 67.0 Å². The predicted octanol–water partition coefficient (Wildman–Crippen LogP) is 5.65. The summed E-state index contributed by atoms with van der Waals surface area (Å²) in [6, 6.07) is 17.7. The van der Waals surface area contributed by atoms with E-state index >= 15 is 0 Å². The van der Waals surface area contributed by atoms with Gasteiger partial charge in [0.1, 0.15) is 17.8 Å². The van der Waals surface area contributed by atoms with Crippen molar-refractivity contribution in [1.82, 2.24) is 4.57 Å². The highest BCUT2D eigenvalue weighted by Gasteiger charge is 2.65. The van der Waals surface area contributed by atoms with Crippen LogP contribution in [0.1, 0.15) is 30.5 Å². The van der Waals surface area contributed by atoms with E-state index < -0.39 is 0 Å². The van der Waals surface area contributed by atoms with Crippen molar-refractivity contribution < 1.29 is 14.3 Å². The average molecular weight is 424 g/mol. The highest BCUT2D eigenvalue weighted by atomic mass is 35.5. The molecule has 2 atom stereocenters. The van der Waals surface area contributed by atoms with Crippen LogP contribution in [-0.2, 0) is 22.7 Å². The first-order valence-electron chi connectivity index (χ1n) is 10.1. The predicted molar refractivity (Wildman–Crippen MR) is 118 cm³/mol. The topological polar surface area (TPSA) is 40.5 Å². The van der Waals surface area contributed by atoms with Gasteiger partial charge in [-0.15, -0.1) is 0 Å². The lowest BCUT2D eigenvalue weighted by Gasteiger charge is -2.07. The average Bonchev–Trinajstić information content (AvgIpc) is 3.01. The summed E-state index contributed by atoms with van der Waals surface area (Å²) in [6.45, 7) is 6.34. The van der Waals surface area contributed by atoms with E-state index in [1.165, 1.54) is 16.7 Å². The molecule has 156 valence electrons. The van der Waals surface area contributed by atoms with Gasteiger partial charge in [-0.2, -0.15) is 0 Å². The number of rotatable bonds is 7. The van der Waals surface area contributed by atoms with Gasteiger partial charge in [0.05, 0.1) is 0 Å². The van der Waals surface area contributed by atoms with Crippen molar-refractivity contribution in [2.45, 2.75) is 40.0 Å². The lowest BCUT2D eigenvalue weighted by Crippen LogP contribution is -2.14. The monoisotopic (exact) mass is 423 g/mol. The number of esters is 1. The Balaban J connectivity index is 1.31. The molecule has 1 aliphatic carbocycles. The molecule has 2 unspecified atom stereocenters. The minimum absolute atomic E-state index is 0.201. The molecule has 2 aromatic carbocycles. The van der Waals surface area contributed by atoms with Crippen molar-refractivity contribution in [3.8, 4) is 5.75 Å². The van der Waals surface area contributed by atoms with Crippen LogP contribution in [-0.4, -0.2) is 16.6 Å². The number of ether oxygens (including phenoxy) is 2. The second-order valence-electron chi connectivity index (χ2n) is 8.58. The Bertz CT molecular complexity index is 1040. The van der Waals surface area contributed by atoms with E-state index in [4.69, 9.17) is 21.1 Å². The first kappa shape index (κ1) is 20.5. The number of halogens is 1. The maximum atomic E-state index is 12.6. The van der Waals surface area contributed by atoms with Crippen molar-refractivity contribution in [2.75, 3.05) is 0 Å². The summed E-state index contributed by atoms with van der Waals surface area (Å²) in [6.07, 6.45) is 4.62. The van der Waals surface area contributed by atoms with Gasteiger partial charge in [0.2, 0.25) is 0 Å². The van der Waals surface area contributed by atoms with E-state index in [2.05, 4.69) is 37.3 Å². The second-order valence-corrected chi connectivity index (χ2v) is 9.02. The fourth-order valence-corrected chi connectivity index (χ4v) is 3.98. The molecule has 4 nitrogen and oxygen atoms in total. The molecule has 0 spiro atoms. The standard InChI is InChI=1S/C25H26ClNO3/c1-17-5-4-6-18(13-17)14-19-11-12-27(15-19)16-29-24(28)22-23(25(22,2)3)30-21-9-7-20(26)8-10-21/h4-13,15,22-23H,14,16H2,1-3H3. The number of aromatic nitrogens is 1. The number of carbonyl (C=O) groups is 1. The second kappa shape index (κ2) is 8.19. The van der Waals surface area contributed by atoms with Gasteiger partial charge >= 0.3 is 5.97 Å². The van der Waals surface area contributed by atoms with Gasteiger partial charge in [-0.25, -0.2) is 0 Å². The van der Waals surface area contributed by atoms with E-state index in [0.717, 1.165) is 6.42 Å². The summed E-state index contributed by atoms with van der Waals surface area (Å²) in [4.78, 5) is 12.6. The number of benzene rings is 2. The van der Waals surface area contributed by atoms with Gasteiger partial charge in [-0.1, -0.05) is 55.3 Å². The lowest BCUT2D eigenvalue weighted by molar-refractivity contribution is -0.150. The maximum absolute atomic E-state index is 12.6. The molecule has 3 aromatic rings. The van der Waals surface area contributed by atoms with Crippen molar-refractivity contribution in [3.63, 3.8) is 0 Å². The Kier molecular flexibility index (Phi) is 5.61. The zero-order valence-corrected chi connectivity index (χ0v) is 18.2. The van der Waals surface area contributed by atoms with Gasteiger partial charge in [-0.05, 0) is 54.8 Å². The minimum atomic E-state index is -0.282. The summed E-state index contributed by atoms with van der Waals surface area (Å²) in [5, 5.41) is 0.654. The molecule has 1 fully saturated rings. The molecule has 5 heteroatoms. The normalized spacial score (nSPS) is 19.3. The SMILES string of the molecule is Cc1cccc(Cc2ccn(COC(=O)C3C(Oc4ccc(Cl)cc4)C3(C)C)c2)c1. The first-order chi connectivity index (χ1) is 14.3. The molecule has 0 saturated heterocycles. The minimum Gasteiger partial charge on any atom is -0.489 e. The largest absolute Gasteiger partial charge is 0.489 e. The lowest BCUT2D eigenvalue weighted by atomic mass is 10.1. The van der Waals surface area contributed by atoms with Gasteiger partial charge in [0, 0.05) is 22.8 Å². The van der Waals surface area contributed by atoms with E-state index in [0.29, 0.717) is 10.8 Å². The van der Waals surface area contributed by atoms with Crippen LogP contribution in [0.3, 0.4) is 0 Å². The molecular formula is C25H26ClNO3. The highest BCUT2D eigenvalue weighted by molar-refractivity contribution is 6.30. The van der Waals surface area contributed by atoms with Crippen molar-refractivity contribution in [1.29, 1.82) is 0 Å². The molecule has 1 aliphatic rings. The summed E-state index contributed by atoms with van der Waals surface area (Å²) < 4.78 is 13.5. The fraction of sp³-hybridized carbons (Fsp3) is 0.320. The third-order valence-electron chi connectivity index (χ3n) is 5.72. The van der Waals surface area contributed by atoms with Crippen LogP contribution in [0.4, 0.5) is 0 Å². The molecule has 0 radical (unpaired) electrons. The first-order valence-corrected chi connectivity index (χ1v) is 10.5. The van der Waals surface area contributed by atoms with E-state index in [-0.39, 0.29) is 30.1 Å². The Hall–Kier alpha value is -2.72. The van der Waals surface area contributed by atoms with Gasteiger partial charge < -0.3 is 14.0 Å². The van der Waals surface area contributed by atoms with E-state index in [1.54, 1.807) is 12.1 Å². The Morgan fingerprint density at radius 1 is 1.10 bits per heavy atom. The molecule has 0 N–H and O–H groups in total. The molecule has 1 heterocycles. The zero-order chi connectivity index (χ0) is 21.3. The van der Waals surface area contributed by atoms with Crippen LogP contribution in [0.25, 0.3) is 0 Å². The summed E-state index contributed by atoms with van der Waals surface area (Å²) in [7, 11) is 0. The van der Waals surface area contributed by atoms with E-state index in [1.807, 2.05) is 42.9 Å². The number of hydrogen-bond donors (Lipinski definition) is 0. The maximum Gasteiger partial charge on any atom is 0.315 e. The van der Waals surface area contributed by atoms with Gasteiger partial charge in [-0.3, -0.25) is 4.79 Å². The number of aryl methyl sites for hydroxylation is 1. The third-order valence-corrected chi connectivity index (χ3v) is 5.97. The van der Waals surface area contributed by atoms with Crippen LogP contribution in [0, 0.1) is 18.3 Å². The molecular weight excluding hydrogens is 398 g/mol. The highest BCUT2D eigenvalue weighted by Crippen LogP contribution is 2.54. The van der Waals surface area contributed by atoms with Crippen molar-refractivity contribution in [3.05, 3.63) is 88.7 Å². The summed E-state index contributed by atoms with van der Waals surface area (Å²) in [5.74, 6) is 0.197. The quantitative estimate of drug-likeness (QED) is 0.461. The Labute approximate surface area is 182 Å². The zero-order valence-electron chi connectivity index (χ0n) is 17.5. The van der Waals surface area contributed by atoms with Crippen molar-refractivity contribution in [2.24, 2.45) is 11.3 Å². The smallest absolute Gasteiger partial charge is 0.315 e. The fourth-order valence-electron chi connectivity index (χ4n) is 3.86. The van der Waals surface area contributed by atoms with Gasteiger partial charge in [0.25, 0.3) is 0 Å². The van der Waals surface area contributed by atoms with Crippen LogP contribution in [0.2, 0.25) is 5.02 Å². The number of nitrogens with zero attached hydrogens (tertiary/aromatic N) is 1. The molecule has 0 aliphatic heterocycles. The summed E-state index contributed by atoms with van der Waals surface area (Å²) >= 11 is 5.92. The summed E-state index contributed by atoms with van der Waals surface area (Å²) in [5.41, 5.74) is 3.45. The molecule has 1 aromatic heterocycles. The third kappa shape index (κ3) is 4.54. The van der Waals surface area contributed by atoms with Crippen LogP contribution in [0.5, 0.6) is 5.75 Å². The van der Waals surface area contributed by atoms with Gasteiger partial charge in [0.15, 0.2) is 6.73 Å². The number of carbonyl (C=O) groups excluding carboxylic acids is 1. The van der Waals surface area contributed by atoms with Crippen LogP contribution < -0.4 is 4.74 Å². The Morgan fingerprint density at radius 2 is 1.87 bits per heavy atom. The Morgan fingerprint density at radius 3 is 2.60 bits per heavy atom. The van der Waals surface area contributed by atoms with E-state index in [9.17, 15) is 4.79 Å². The molecule has 0 amide bonds. The molecule has 4 rings (SSSR count). The molecule has 1 saturated carbocycles. The van der Waals surface area contributed by atoms with Crippen molar-refractivity contribution >= 4 is 17.6 Å². The molecule has 30 heavy (non-hydrogen) atoms. The van der Waals surface area contributed by atoms with Crippen LogP contribution >= 0.6 is 11.6 Å². The number of hydrogen-bond acceptors (Lipinski definition) is 3.